The van der Waals surface area contributed by atoms with E-state index in [4.69, 9.17) is 5.73 Å². The Morgan fingerprint density at radius 2 is 2.38 bits per heavy atom. The van der Waals surface area contributed by atoms with Crippen molar-refractivity contribution in [3.05, 3.63) is 12.2 Å². The molecule has 0 saturated heterocycles. The number of amides is 2. The number of aromatic amines is 1. The first kappa shape index (κ1) is 12.1. The number of tetrazole rings is 1. The molecule has 1 radical (unpaired) electrons. The summed E-state index contributed by atoms with van der Waals surface area (Å²) in [7, 11) is 0. The number of nitrogens with two attached hydrogens (primary N) is 1. The van der Waals surface area contributed by atoms with E-state index in [1.807, 2.05) is 0 Å². The van der Waals surface area contributed by atoms with Gasteiger partial charge in [-0.25, -0.2) is 5.10 Å². The lowest BCUT2D eigenvalue weighted by molar-refractivity contribution is -0.121. The maximum Gasteiger partial charge on any atom is 0.224 e. The van der Waals surface area contributed by atoms with Crippen LogP contribution in [0.2, 0.25) is 0 Å². The number of aromatic nitrogens is 4. The van der Waals surface area contributed by atoms with Gasteiger partial charge in [0, 0.05) is 5.92 Å². The Morgan fingerprint density at radius 1 is 1.62 bits per heavy atom. The third-order valence-corrected chi connectivity index (χ3v) is 1.96. The van der Waals surface area contributed by atoms with E-state index in [9.17, 15) is 9.59 Å². The van der Waals surface area contributed by atoms with Crippen molar-refractivity contribution in [1.82, 2.24) is 25.9 Å². The minimum absolute atomic E-state index is 0.216. The number of primary amides is 1. The quantitative estimate of drug-likeness (QED) is 0.544. The van der Waals surface area contributed by atoms with Gasteiger partial charge in [0.2, 0.25) is 11.8 Å². The van der Waals surface area contributed by atoms with Gasteiger partial charge in [-0.05, 0) is 16.8 Å². The standard InChI is InChI=1S/C8H13N6O2/c1-5(8(9)16)2-3-7(15)10-4-6-11-13-14-12-6/h3,5H,2,4H2,1H3,(H2,9,16)(H,10,15)(H,11,12,13,14)/t5-/m0/s1. The molecule has 4 N–H and O–H groups in total. The van der Waals surface area contributed by atoms with Crippen molar-refractivity contribution >= 4 is 11.8 Å². The summed E-state index contributed by atoms with van der Waals surface area (Å²) in [5.74, 6) is -0.601. The Kier molecular flexibility index (Phi) is 4.37. The fraction of sp³-hybridized carbons (Fsp3) is 0.500. The van der Waals surface area contributed by atoms with E-state index in [1.165, 1.54) is 6.42 Å². The van der Waals surface area contributed by atoms with Crippen LogP contribution in [-0.2, 0) is 16.1 Å². The minimum Gasteiger partial charge on any atom is -0.369 e. The fourth-order valence-corrected chi connectivity index (χ4v) is 0.897. The summed E-state index contributed by atoms with van der Waals surface area (Å²) in [6.45, 7) is 1.87. The van der Waals surface area contributed by atoms with Crippen LogP contribution in [-0.4, -0.2) is 32.4 Å². The Balaban J connectivity index is 2.19. The predicted octanol–water partition coefficient (Wildman–Crippen LogP) is -1.47. The zero-order valence-corrected chi connectivity index (χ0v) is 8.80. The van der Waals surface area contributed by atoms with Gasteiger partial charge in [0.15, 0.2) is 5.82 Å². The molecule has 0 fully saturated rings. The number of nitrogens with zero attached hydrogens (tertiary/aromatic N) is 3. The van der Waals surface area contributed by atoms with Crippen molar-refractivity contribution in [2.75, 3.05) is 0 Å². The summed E-state index contributed by atoms with van der Waals surface area (Å²) < 4.78 is 0. The molecule has 0 aliphatic rings. The summed E-state index contributed by atoms with van der Waals surface area (Å²) in [5, 5.41) is 15.4. The summed E-state index contributed by atoms with van der Waals surface area (Å²) >= 11 is 0. The number of carbonyl (C=O) groups excluding carboxylic acids is 2. The second-order valence-electron chi connectivity index (χ2n) is 3.31. The molecule has 87 valence electrons. The molecule has 0 saturated carbocycles. The van der Waals surface area contributed by atoms with E-state index < -0.39 is 5.91 Å². The highest BCUT2D eigenvalue weighted by atomic mass is 16.2. The molecule has 8 nitrogen and oxygen atoms in total. The number of nitrogens with one attached hydrogen (secondary N) is 2. The van der Waals surface area contributed by atoms with Crippen LogP contribution in [0.25, 0.3) is 0 Å². The van der Waals surface area contributed by atoms with Crippen LogP contribution < -0.4 is 11.1 Å². The molecular formula is C8H13N6O2. The minimum atomic E-state index is -0.427. The monoisotopic (exact) mass is 225 g/mol. The van der Waals surface area contributed by atoms with Crippen LogP contribution in [0.4, 0.5) is 0 Å². The van der Waals surface area contributed by atoms with Crippen LogP contribution in [0.5, 0.6) is 0 Å². The molecule has 1 heterocycles. The van der Waals surface area contributed by atoms with Crippen molar-refractivity contribution in [3.63, 3.8) is 0 Å². The van der Waals surface area contributed by atoms with Gasteiger partial charge in [0.25, 0.3) is 0 Å². The van der Waals surface area contributed by atoms with Crippen LogP contribution in [0, 0.1) is 12.3 Å². The highest BCUT2D eigenvalue weighted by Gasteiger charge is 2.11. The summed E-state index contributed by atoms with van der Waals surface area (Å²) in [5.41, 5.74) is 5.05. The number of hydrogen-bond donors (Lipinski definition) is 3. The Morgan fingerprint density at radius 3 is 2.94 bits per heavy atom. The molecule has 0 bridgehead atoms. The summed E-state index contributed by atoms with van der Waals surface area (Å²) in [6, 6.07) is 0. The largest absolute Gasteiger partial charge is 0.369 e. The van der Waals surface area contributed by atoms with Crippen molar-refractivity contribution in [2.24, 2.45) is 11.7 Å². The lowest BCUT2D eigenvalue weighted by Crippen LogP contribution is -2.26. The molecule has 0 aromatic carbocycles. The van der Waals surface area contributed by atoms with Crippen molar-refractivity contribution in [1.29, 1.82) is 0 Å². The van der Waals surface area contributed by atoms with Gasteiger partial charge in [-0.1, -0.05) is 6.92 Å². The van der Waals surface area contributed by atoms with E-state index in [0.717, 1.165) is 0 Å². The normalized spacial score (nSPS) is 12.1. The second kappa shape index (κ2) is 5.79. The molecule has 0 unspecified atom stereocenters. The summed E-state index contributed by atoms with van der Waals surface area (Å²) in [6.07, 6.45) is 1.69. The topological polar surface area (TPSA) is 127 Å². The van der Waals surface area contributed by atoms with E-state index in [1.54, 1.807) is 6.92 Å². The fourth-order valence-electron chi connectivity index (χ4n) is 0.897. The van der Waals surface area contributed by atoms with Gasteiger partial charge in [-0.3, -0.25) is 9.59 Å². The third kappa shape index (κ3) is 4.03. The van der Waals surface area contributed by atoms with Crippen LogP contribution in [0.15, 0.2) is 0 Å². The zero-order valence-electron chi connectivity index (χ0n) is 8.80. The molecule has 2 amide bonds. The number of hydrogen-bond acceptors (Lipinski definition) is 5. The van der Waals surface area contributed by atoms with Gasteiger partial charge in [0.05, 0.1) is 13.0 Å². The molecule has 0 aliphatic carbocycles. The molecule has 16 heavy (non-hydrogen) atoms. The average molecular weight is 225 g/mol. The van der Waals surface area contributed by atoms with E-state index in [-0.39, 0.29) is 18.4 Å². The maximum absolute atomic E-state index is 11.3. The molecule has 0 spiro atoms. The summed E-state index contributed by atoms with van der Waals surface area (Å²) in [4.78, 5) is 22.0. The molecule has 1 aromatic rings. The van der Waals surface area contributed by atoms with Gasteiger partial charge in [-0.2, -0.15) is 0 Å². The van der Waals surface area contributed by atoms with E-state index in [2.05, 4.69) is 25.9 Å². The first-order chi connectivity index (χ1) is 7.59. The molecule has 1 rings (SSSR count). The molecule has 1 atom stereocenters. The van der Waals surface area contributed by atoms with Gasteiger partial charge < -0.3 is 11.1 Å². The SMILES string of the molecule is C[C@@H](C[CH]C(=O)NCc1nnn[nH]1)C(N)=O. The Bertz CT molecular complexity index is 349. The number of carbonyl (C=O) groups is 2. The van der Waals surface area contributed by atoms with E-state index in [0.29, 0.717) is 12.2 Å². The molecule has 0 aliphatic heterocycles. The van der Waals surface area contributed by atoms with Gasteiger partial charge in [-0.15, -0.1) is 5.10 Å². The maximum atomic E-state index is 11.3. The van der Waals surface area contributed by atoms with Crippen LogP contribution in [0.3, 0.4) is 0 Å². The van der Waals surface area contributed by atoms with Gasteiger partial charge >= 0.3 is 0 Å². The lowest BCUT2D eigenvalue weighted by atomic mass is 10.1. The Labute approximate surface area is 92.0 Å². The number of rotatable bonds is 6. The van der Waals surface area contributed by atoms with Crippen LogP contribution in [0.1, 0.15) is 19.2 Å². The predicted molar refractivity (Wildman–Crippen MR) is 53.3 cm³/mol. The third-order valence-electron chi connectivity index (χ3n) is 1.96. The molecule has 1 aromatic heterocycles. The first-order valence-corrected chi connectivity index (χ1v) is 4.72. The smallest absolute Gasteiger partial charge is 0.224 e. The zero-order chi connectivity index (χ0) is 12.0. The lowest BCUT2D eigenvalue weighted by Gasteiger charge is -2.06. The molecule has 8 heteroatoms. The van der Waals surface area contributed by atoms with E-state index >= 15 is 0 Å². The van der Waals surface area contributed by atoms with Crippen molar-refractivity contribution in [2.45, 2.75) is 19.9 Å². The first-order valence-electron chi connectivity index (χ1n) is 4.72. The highest BCUT2D eigenvalue weighted by Crippen LogP contribution is 2.02. The molecular weight excluding hydrogens is 212 g/mol. The average Bonchev–Trinajstić information content (AvgIpc) is 2.75. The Hall–Kier alpha value is -1.99. The van der Waals surface area contributed by atoms with Gasteiger partial charge in [0.1, 0.15) is 0 Å². The highest BCUT2D eigenvalue weighted by molar-refractivity contribution is 5.85. The number of H-pyrrole nitrogens is 1. The second-order valence-corrected chi connectivity index (χ2v) is 3.31. The van der Waals surface area contributed by atoms with Crippen LogP contribution >= 0.6 is 0 Å². The van der Waals surface area contributed by atoms with Crippen molar-refractivity contribution in [3.8, 4) is 0 Å². The van der Waals surface area contributed by atoms with Crippen molar-refractivity contribution < 1.29 is 9.59 Å².